The summed E-state index contributed by atoms with van der Waals surface area (Å²) in [6, 6.07) is 1.97. The fraction of sp³-hybridized carbons (Fsp3) is 0.300. The van der Waals surface area contributed by atoms with E-state index in [1.54, 1.807) is 15.9 Å². The Morgan fingerprint density at radius 2 is 2.33 bits per heavy atom. The summed E-state index contributed by atoms with van der Waals surface area (Å²) < 4.78 is 1.73. The van der Waals surface area contributed by atoms with Gasteiger partial charge in [0.2, 0.25) is 0 Å². The number of carbonyl (C=O) groups is 1. The number of thiophene rings is 1. The van der Waals surface area contributed by atoms with Crippen LogP contribution in [0.5, 0.6) is 0 Å². The first kappa shape index (κ1) is 13.1. The molecule has 0 aliphatic heterocycles. The molecule has 0 radical (unpaired) electrons. The average molecular weight is 285 g/mol. The zero-order valence-electron chi connectivity index (χ0n) is 9.31. The fourth-order valence-electron chi connectivity index (χ4n) is 1.39. The lowest BCUT2D eigenvalue weighted by Crippen LogP contribution is -2.07. The molecule has 6 nitrogen and oxygen atoms in total. The van der Waals surface area contributed by atoms with Crippen LogP contribution in [0.2, 0.25) is 0 Å². The molecule has 0 saturated heterocycles. The van der Waals surface area contributed by atoms with Crippen molar-refractivity contribution in [2.24, 2.45) is 0 Å². The summed E-state index contributed by atoms with van der Waals surface area (Å²) in [6.07, 6.45) is 0. The van der Waals surface area contributed by atoms with Crippen LogP contribution in [0.3, 0.4) is 0 Å². The normalized spacial score (nSPS) is 10.7. The summed E-state index contributed by atoms with van der Waals surface area (Å²) in [5, 5.41) is 30.1. The molecular formula is C10H11N3O3S2. The monoisotopic (exact) mass is 285 g/mol. The van der Waals surface area contributed by atoms with Gasteiger partial charge in [0, 0.05) is 0 Å². The van der Waals surface area contributed by atoms with E-state index in [2.05, 4.69) is 10.2 Å². The van der Waals surface area contributed by atoms with E-state index in [0.29, 0.717) is 17.5 Å². The Labute approximate surface area is 111 Å². The number of hydrogen-bond donors (Lipinski definition) is 2. The van der Waals surface area contributed by atoms with Crippen molar-refractivity contribution in [3.63, 3.8) is 0 Å². The van der Waals surface area contributed by atoms with Crippen molar-refractivity contribution in [1.82, 2.24) is 14.8 Å². The average Bonchev–Trinajstić information content (AvgIpc) is 2.97. The first-order valence-electron chi connectivity index (χ1n) is 5.09. The van der Waals surface area contributed by atoms with E-state index in [9.17, 15) is 9.90 Å². The molecule has 18 heavy (non-hydrogen) atoms. The number of carboxylic acid groups (broad SMARTS) is 1. The van der Waals surface area contributed by atoms with Crippen molar-refractivity contribution in [2.45, 2.75) is 18.3 Å². The van der Waals surface area contributed by atoms with E-state index >= 15 is 0 Å². The number of hydrogen-bond acceptors (Lipinski definition) is 6. The second kappa shape index (κ2) is 5.98. The molecule has 0 spiro atoms. The topological polar surface area (TPSA) is 88.2 Å². The Kier molecular flexibility index (Phi) is 4.34. The summed E-state index contributed by atoms with van der Waals surface area (Å²) in [5.41, 5.74) is 1.08. The summed E-state index contributed by atoms with van der Waals surface area (Å²) in [5.74, 6) is -0.544. The van der Waals surface area contributed by atoms with Gasteiger partial charge in [0.15, 0.2) is 11.0 Å². The van der Waals surface area contributed by atoms with Gasteiger partial charge in [0.25, 0.3) is 0 Å². The van der Waals surface area contributed by atoms with E-state index in [-0.39, 0.29) is 12.4 Å². The van der Waals surface area contributed by atoms with E-state index < -0.39 is 5.97 Å². The van der Waals surface area contributed by atoms with Gasteiger partial charge in [-0.25, -0.2) is 0 Å². The highest BCUT2D eigenvalue weighted by atomic mass is 32.2. The molecule has 0 aliphatic carbocycles. The molecule has 2 aromatic heterocycles. The van der Waals surface area contributed by atoms with Crippen LogP contribution < -0.4 is 0 Å². The predicted octanol–water partition coefficient (Wildman–Crippen LogP) is 1.06. The summed E-state index contributed by atoms with van der Waals surface area (Å²) in [7, 11) is 0. The standard InChI is InChI=1S/C10H11N3O3S2/c14-4-8-11-12-10(18-6-9(15)16)13(8)3-7-1-2-17-5-7/h1-2,5,14H,3-4,6H2,(H,15,16). The highest BCUT2D eigenvalue weighted by molar-refractivity contribution is 7.99. The molecule has 0 bridgehead atoms. The molecule has 8 heteroatoms. The molecule has 0 fully saturated rings. The second-order valence-electron chi connectivity index (χ2n) is 3.46. The lowest BCUT2D eigenvalue weighted by atomic mass is 10.3. The van der Waals surface area contributed by atoms with Crippen LogP contribution in [0.4, 0.5) is 0 Å². The van der Waals surface area contributed by atoms with Gasteiger partial charge < -0.3 is 10.2 Å². The van der Waals surface area contributed by atoms with Crippen LogP contribution in [-0.2, 0) is 17.9 Å². The number of rotatable bonds is 6. The van der Waals surface area contributed by atoms with Crippen LogP contribution in [0.15, 0.2) is 22.0 Å². The van der Waals surface area contributed by atoms with Gasteiger partial charge in [0.05, 0.1) is 12.3 Å². The smallest absolute Gasteiger partial charge is 0.313 e. The molecule has 0 aliphatic rings. The zero-order valence-corrected chi connectivity index (χ0v) is 10.9. The zero-order chi connectivity index (χ0) is 13.0. The summed E-state index contributed by atoms with van der Waals surface area (Å²) in [4.78, 5) is 10.6. The van der Waals surface area contributed by atoms with E-state index in [1.807, 2.05) is 16.8 Å². The second-order valence-corrected chi connectivity index (χ2v) is 5.18. The van der Waals surface area contributed by atoms with Gasteiger partial charge in [-0.2, -0.15) is 11.3 Å². The quantitative estimate of drug-likeness (QED) is 0.771. The SMILES string of the molecule is O=C(O)CSc1nnc(CO)n1Cc1ccsc1. The molecule has 2 heterocycles. The fourth-order valence-corrected chi connectivity index (χ4v) is 2.73. The minimum atomic E-state index is -0.907. The molecule has 2 rings (SSSR count). The first-order chi connectivity index (χ1) is 8.70. The number of aliphatic carboxylic acids is 1. The number of thioether (sulfide) groups is 1. The Morgan fingerprint density at radius 1 is 1.50 bits per heavy atom. The molecule has 0 unspecified atom stereocenters. The maximum atomic E-state index is 10.6. The van der Waals surface area contributed by atoms with E-state index in [0.717, 1.165) is 17.3 Å². The third-order valence-corrected chi connectivity index (χ3v) is 3.86. The molecule has 2 aromatic rings. The maximum Gasteiger partial charge on any atom is 0.313 e. The van der Waals surface area contributed by atoms with Crippen LogP contribution in [0.25, 0.3) is 0 Å². The van der Waals surface area contributed by atoms with Crippen LogP contribution in [-0.4, -0.2) is 36.7 Å². The van der Waals surface area contributed by atoms with E-state index in [1.165, 1.54) is 0 Å². The molecule has 2 N–H and O–H groups in total. The van der Waals surface area contributed by atoms with Gasteiger partial charge in [-0.05, 0) is 22.4 Å². The van der Waals surface area contributed by atoms with Crippen molar-refractivity contribution in [2.75, 3.05) is 5.75 Å². The number of nitrogens with zero attached hydrogens (tertiary/aromatic N) is 3. The van der Waals surface area contributed by atoms with Gasteiger partial charge in [0.1, 0.15) is 6.61 Å². The Balaban J connectivity index is 2.19. The minimum Gasteiger partial charge on any atom is -0.481 e. The van der Waals surface area contributed by atoms with Crippen LogP contribution >= 0.6 is 23.1 Å². The Morgan fingerprint density at radius 3 is 2.94 bits per heavy atom. The molecule has 0 aromatic carbocycles. The van der Waals surface area contributed by atoms with Crippen molar-refractivity contribution in [3.8, 4) is 0 Å². The van der Waals surface area contributed by atoms with Gasteiger partial charge in [-0.3, -0.25) is 9.36 Å². The van der Waals surface area contributed by atoms with Crippen molar-refractivity contribution in [1.29, 1.82) is 0 Å². The number of aliphatic hydroxyl groups is 1. The third-order valence-electron chi connectivity index (χ3n) is 2.18. The lowest BCUT2D eigenvalue weighted by Gasteiger charge is -2.06. The predicted molar refractivity (Wildman–Crippen MR) is 67.7 cm³/mol. The molecular weight excluding hydrogens is 274 g/mol. The largest absolute Gasteiger partial charge is 0.481 e. The van der Waals surface area contributed by atoms with Crippen molar-refractivity contribution in [3.05, 3.63) is 28.2 Å². The van der Waals surface area contributed by atoms with Gasteiger partial charge in [-0.15, -0.1) is 10.2 Å². The highest BCUT2D eigenvalue weighted by Crippen LogP contribution is 2.19. The molecule has 0 atom stereocenters. The lowest BCUT2D eigenvalue weighted by molar-refractivity contribution is -0.133. The van der Waals surface area contributed by atoms with Crippen LogP contribution in [0.1, 0.15) is 11.4 Å². The number of carboxylic acids is 1. The molecule has 96 valence electrons. The van der Waals surface area contributed by atoms with Crippen LogP contribution in [0, 0.1) is 0 Å². The van der Waals surface area contributed by atoms with Crippen molar-refractivity contribution >= 4 is 29.1 Å². The first-order valence-corrected chi connectivity index (χ1v) is 7.02. The van der Waals surface area contributed by atoms with E-state index in [4.69, 9.17) is 5.11 Å². The Bertz CT molecular complexity index is 524. The third kappa shape index (κ3) is 3.09. The maximum absolute atomic E-state index is 10.6. The summed E-state index contributed by atoms with van der Waals surface area (Å²) >= 11 is 2.68. The minimum absolute atomic E-state index is 0.0762. The number of aliphatic hydroxyl groups excluding tert-OH is 1. The van der Waals surface area contributed by atoms with Crippen molar-refractivity contribution < 1.29 is 15.0 Å². The number of aromatic nitrogens is 3. The molecule has 0 amide bonds. The highest BCUT2D eigenvalue weighted by Gasteiger charge is 2.13. The Hall–Kier alpha value is -1.38. The van der Waals surface area contributed by atoms with Gasteiger partial charge in [-0.1, -0.05) is 11.8 Å². The van der Waals surface area contributed by atoms with Gasteiger partial charge >= 0.3 is 5.97 Å². The molecule has 0 saturated carbocycles. The summed E-state index contributed by atoms with van der Waals surface area (Å²) in [6.45, 7) is 0.319.